The number of ether oxygens (including phenoxy) is 2. The van der Waals surface area contributed by atoms with Crippen LogP contribution in [0.25, 0.3) is 0 Å². The maximum absolute atomic E-state index is 12.2. The minimum atomic E-state index is -0.339. The van der Waals surface area contributed by atoms with Gasteiger partial charge in [0.1, 0.15) is 0 Å². The lowest BCUT2D eigenvalue weighted by Gasteiger charge is -2.58. The number of carbonyl (C=O) groups excluding carboxylic acids is 2. The fourth-order valence-electron chi connectivity index (χ4n) is 4.57. The molecule has 0 aromatic rings. The maximum Gasteiger partial charge on any atom is 0.414 e. The largest absolute Gasteiger partial charge is 0.463 e. The third-order valence-electron chi connectivity index (χ3n) is 5.56. The van der Waals surface area contributed by atoms with E-state index in [0.29, 0.717) is 25.3 Å². The molecule has 1 amide bonds. The van der Waals surface area contributed by atoms with Crippen LogP contribution in [-0.2, 0) is 14.3 Å². The molecule has 5 nitrogen and oxygen atoms in total. The number of nitrogens with zero attached hydrogens (tertiary/aromatic N) is 1. The van der Waals surface area contributed by atoms with Crippen LogP contribution >= 0.6 is 0 Å². The summed E-state index contributed by atoms with van der Waals surface area (Å²) in [4.78, 5) is 26.0. The van der Waals surface area contributed by atoms with Crippen LogP contribution in [0, 0.1) is 16.7 Å². The Morgan fingerprint density at radius 1 is 1.25 bits per heavy atom. The van der Waals surface area contributed by atoms with Crippen molar-refractivity contribution in [3.63, 3.8) is 0 Å². The van der Waals surface area contributed by atoms with Gasteiger partial charge in [0, 0.05) is 18.7 Å². The van der Waals surface area contributed by atoms with E-state index in [-0.39, 0.29) is 28.8 Å². The first-order chi connectivity index (χ1) is 11.3. The first-order valence-corrected chi connectivity index (χ1v) is 8.68. The summed E-state index contributed by atoms with van der Waals surface area (Å²) in [7, 11) is 0. The van der Waals surface area contributed by atoms with Crippen LogP contribution in [0.15, 0.2) is 24.5 Å². The van der Waals surface area contributed by atoms with Crippen LogP contribution in [0.3, 0.4) is 0 Å². The first-order valence-electron chi connectivity index (χ1n) is 8.68. The van der Waals surface area contributed by atoms with Crippen molar-refractivity contribution in [3.05, 3.63) is 24.5 Å². The Labute approximate surface area is 144 Å². The predicted molar refractivity (Wildman–Crippen MR) is 92.2 cm³/mol. The van der Waals surface area contributed by atoms with Crippen molar-refractivity contribution in [3.8, 4) is 0 Å². The van der Waals surface area contributed by atoms with Gasteiger partial charge in [0.2, 0.25) is 0 Å². The molecule has 0 aromatic carbocycles. The van der Waals surface area contributed by atoms with Crippen LogP contribution in [0.1, 0.15) is 47.0 Å². The first kappa shape index (κ1) is 18.6. The van der Waals surface area contributed by atoms with Gasteiger partial charge in [0.25, 0.3) is 0 Å². The van der Waals surface area contributed by atoms with E-state index < -0.39 is 0 Å². The van der Waals surface area contributed by atoms with Gasteiger partial charge in [-0.2, -0.15) is 0 Å². The molecule has 2 atom stereocenters. The van der Waals surface area contributed by atoms with E-state index in [1.54, 1.807) is 4.90 Å². The Hall–Kier alpha value is -1.78. The highest BCUT2D eigenvalue weighted by Gasteiger charge is 2.54. The molecule has 2 unspecified atom stereocenters. The van der Waals surface area contributed by atoms with Crippen molar-refractivity contribution in [2.45, 2.75) is 47.0 Å². The average molecular weight is 335 g/mol. The molecule has 1 heterocycles. The molecule has 1 aliphatic heterocycles. The molecule has 5 heteroatoms. The Morgan fingerprint density at radius 2 is 1.83 bits per heavy atom. The zero-order valence-electron chi connectivity index (χ0n) is 15.3. The third-order valence-corrected chi connectivity index (χ3v) is 5.56. The molecule has 0 spiro atoms. The lowest BCUT2D eigenvalue weighted by Crippen LogP contribution is -2.60. The highest BCUT2D eigenvalue weighted by Crippen LogP contribution is 2.56. The fourth-order valence-corrected chi connectivity index (χ4v) is 4.57. The maximum atomic E-state index is 12.2. The van der Waals surface area contributed by atoms with Gasteiger partial charge in [0.05, 0.1) is 12.9 Å². The highest BCUT2D eigenvalue weighted by molar-refractivity contribution is 5.87. The van der Waals surface area contributed by atoms with E-state index in [4.69, 9.17) is 9.47 Å². The van der Waals surface area contributed by atoms with Gasteiger partial charge in [-0.25, -0.2) is 9.59 Å². The molecule has 1 saturated carbocycles. The monoisotopic (exact) mass is 335 g/mol. The van der Waals surface area contributed by atoms with Gasteiger partial charge < -0.3 is 14.4 Å². The van der Waals surface area contributed by atoms with Crippen LogP contribution in [0.4, 0.5) is 4.79 Å². The van der Waals surface area contributed by atoms with E-state index in [0.717, 1.165) is 19.3 Å². The molecule has 0 N–H and O–H groups in total. The molecule has 134 valence electrons. The summed E-state index contributed by atoms with van der Waals surface area (Å²) >= 11 is 0. The number of likely N-dealkylation sites (tertiary alicyclic amines) is 1. The second kappa shape index (κ2) is 6.99. The lowest BCUT2D eigenvalue weighted by molar-refractivity contribution is -0.138. The van der Waals surface area contributed by atoms with E-state index in [2.05, 4.69) is 26.5 Å². The van der Waals surface area contributed by atoms with Gasteiger partial charge in [-0.05, 0) is 43.4 Å². The Bertz CT molecular complexity index is 536. The smallest absolute Gasteiger partial charge is 0.414 e. The Balaban J connectivity index is 2.30. The van der Waals surface area contributed by atoms with Crippen molar-refractivity contribution in [2.24, 2.45) is 16.7 Å². The second-order valence-electron chi connectivity index (χ2n) is 7.62. The quantitative estimate of drug-likeness (QED) is 0.444. The molecule has 24 heavy (non-hydrogen) atoms. The number of rotatable bonds is 4. The van der Waals surface area contributed by atoms with Crippen LogP contribution in [0.2, 0.25) is 0 Å². The highest BCUT2D eigenvalue weighted by atomic mass is 16.5. The predicted octanol–water partition coefficient (Wildman–Crippen LogP) is 3.90. The zero-order valence-corrected chi connectivity index (χ0v) is 15.3. The normalized spacial score (nSPS) is 32.9. The number of amides is 1. The summed E-state index contributed by atoms with van der Waals surface area (Å²) in [6.45, 7) is 13.1. The fraction of sp³-hybridized carbons (Fsp3) is 0.684. The Kier molecular flexibility index (Phi) is 5.41. The number of fused-ring (bicyclic) bond motifs is 2. The molecular weight excluding hydrogens is 306 g/mol. The van der Waals surface area contributed by atoms with Gasteiger partial charge in [0.15, 0.2) is 0 Å². The second-order valence-corrected chi connectivity index (χ2v) is 7.62. The molecular formula is C19H29NO4. The number of hydrogen-bond acceptors (Lipinski definition) is 4. The molecule has 2 aliphatic rings. The summed E-state index contributed by atoms with van der Waals surface area (Å²) in [5.74, 6) is -0.0211. The van der Waals surface area contributed by atoms with Crippen LogP contribution < -0.4 is 0 Å². The van der Waals surface area contributed by atoms with Crippen molar-refractivity contribution < 1.29 is 19.1 Å². The summed E-state index contributed by atoms with van der Waals surface area (Å²) in [5.41, 5.74) is 0.515. The summed E-state index contributed by atoms with van der Waals surface area (Å²) in [6, 6.07) is 0. The van der Waals surface area contributed by atoms with Gasteiger partial charge in [-0.15, -0.1) is 0 Å². The molecule has 0 aromatic heterocycles. The van der Waals surface area contributed by atoms with Crippen molar-refractivity contribution in [2.75, 3.05) is 19.7 Å². The van der Waals surface area contributed by atoms with Gasteiger partial charge >= 0.3 is 12.1 Å². The third kappa shape index (κ3) is 3.50. The van der Waals surface area contributed by atoms with E-state index >= 15 is 0 Å². The van der Waals surface area contributed by atoms with E-state index in [1.165, 1.54) is 6.26 Å². The molecule has 1 aliphatic carbocycles. The SMILES string of the molecule is C=COC(=O)N1CC2(C)CCCC(C)(C1)C2/C=C(\C)C(=O)OCC. The number of hydrogen-bond donors (Lipinski definition) is 0. The van der Waals surface area contributed by atoms with Crippen molar-refractivity contribution in [1.82, 2.24) is 4.90 Å². The topological polar surface area (TPSA) is 55.8 Å². The summed E-state index contributed by atoms with van der Waals surface area (Å²) in [6.07, 6.45) is 6.11. The van der Waals surface area contributed by atoms with Gasteiger partial charge in [-0.3, -0.25) is 0 Å². The number of piperidine rings is 1. The molecule has 2 rings (SSSR count). The lowest BCUT2D eigenvalue weighted by atomic mass is 9.53. The van der Waals surface area contributed by atoms with Crippen LogP contribution in [0.5, 0.6) is 0 Å². The molecule has 2 fully saturated rings. The van der Waals surface area contributed by atoms with Crippen molar-refractivity contribution in [1.29, 1.82) is 0 Å². The molecule has 1 saturated heterocycles. The van der Waals surface area contributed by atoms with Crippen LogP contribution in [-0.4, -0.2) is 36.7 Å². The van der Waals surface area contributed by atoms with E-state index in [1.807, 2.05) is 13.8 Å². The summed E-state index contributed by atoms with van der Waals surface area (Å²) < 4.78 is 10.1. The standard InChI is InChI=1S/C19H29NO4/c1-6-23-16(21)14(3)11-15-18(4)9-8-10-19(15,5)13-20(12-18)17(22)24-7-2/h7,11,15H,2,6,8-10,12-13H2,1,3-5H3/b14-11+. The molecule has 0 radical (unpaired) electrons. The Morgan fingerprint density at radius 3 is 2.33 bits per heavy atom. The number of esters is 1. The average Bonchev–Trinajstić information content (AvgIpc) is 2.49. The van der Waals surface area contributed by atoms with Crippen molar-refractivity contribution >= 4 is 12.1 Å². The minimum Gasteiger partial charge on any atom is -0.463 e. The number of allylic oxidation sites excluding steroid dienone is 1. The number of carbonyl (C=O) groups is 2. The molecule has 2 bridgehead atoms. The van der Waals surface area contributed by atoms with Gasteiger partial charge in [-0.1, -0.05) is 32.9 Å². The van der Waals surface area contributed by atoms with E-state index in [9.17, 15) is 9.59 Å². The zero-order chi connectivity index (χ0) is 18.0. The summed E-state index contributed by atoms with van der Waals surface area (Å²) in [5, 5.41) is 0. The minimum absolute atomic E-state index is 0.0702.